The van der Waals surface area contributed by atoms with Crippen LogP contribution in [0, 0.1) is 0 Å². The van der Waals surface area contributed by atoms with E-state index < -0.39 is 50.9 Å². The van der Waals surface area contributed by atoms with Crippen molar-refractivity contribution in [3.05, 3.63) is 99.8 Å². The Hall–Kier alpha value is -3.96. The molecule has 0 spiro atoms. The zero-order valence-electron chi connectivity index (χ0n) is 19.9. The normalized spacial score (nSPS) is 17.3. The fourth-order valence-corrected chi connectivity index (χ4v) is 6.51. The molecule has 1 unspecified atom stereocenters. The second kappa shape index (κ2) is 9.10. The van der Waals surface area contributed by atoms with E-state index in [1.165, 1.54) is 13.1 Å². The van der Waals surface area contributed by atoms with Gasteiger partial charge >= 0.3 is 12.1 Å². The fraction of sp³-hybridized carbons (Fsp3) is 0.185. The van der Waals surface area contributed by atoms with Gasteiger partial charge in [-0.3, -0.25) is 9.36 Å². The molecule has 1 atom stereocenters. The van der Waals surface area contributed by atoms with E-state index in [0.29, 0.717) is 4.57 Å². The number of benzene rings is 3. The molecule has 1 aromatic heterocycles. The third-order valence-corrected chi connectivity index (χ3v) is 8.57. The minimum absolute atomic E-state index is 0.0208. The highest BCUT2D eigenvalue weighted by Crippen LogP contribution is 2.39. The number of pyridine rings is 1. The molecule has 1 aliphatic rings. The number of carboxylic acid groups (broad SMARTS) is 1. The molecule has 0 saturated heterocycles. The highest BCUT2D eigenvalue weighted by atomic mass is 32.2. The van der Waals surface area contributed by atoms with Gasteiger partial charge in [-0.05, 0) is 46.0 Å². The molecule has 3 aromatic carbocycles. The van der Waals surface area contributed by atoms with Crippen molar-refractivity contribution in [1.82, 2.24) is 8.87 Å². The number of rotatable bonds is 4. The summed E-state index contributed by atoms with van der Waals surface area (Å²) in [4.78, 5) is 25.3. The van der Waals surface area contributed by atoms with Crippen molar-refractivity contribution in [1.29, 1.82) is 0 Å². The van der Waals surface area contributed by atoms with Crippen molar-refractivity contribution in [2.75, 3.05) is 13.6 Å². The molecule has 4 aromatic rings. The topological polar surface area (TPSA) is 96.7 Å². The molecule has 0 bridgehead atoms. The first-order chi connectivity index (χ1) is 17.9. The molecular formula is C27H21F3N2O5S. The number of sulfonamides is 1. The molecule has 0 saturated carbocycles. The van der Waals surface area contributed by atoms with Crippen molar-refractivity contribution in [3.8, 4) is 11.1 Å². The number of alkyl halides is 3. The molecule has 0 aliphatic carbocycles. The van der Waals surface area contributed by atoms with Gasteiger partial charge in [-0.2, -0.15) is 17.5 Å². The summed E-state index contributed by atoms with van der Waals surface area (Å²) in [5.41, 5.74) is -1.22. The first-order valence-electron chi connectivity index (χ1n) is 11.5. The van der Waals surface area contributed by atoms with E-state index in [1.54, 1.807) is 12.1 Å². The minimum Gasteiger partial charge on any atom is -0.480 e. The highest BCUT2D eigenvalue weighted by Gasteiger charge is 2.42. The number of hydrogen-bond donors (Lipinski definition) is 1. The Morgan fingerprint density at radius 3 is 2.39 bits per heavy atom. The van der Waals surface area contributed by atoms with Crippen LogP contribution in [-0.4, -0.2) is 42.0 Å². The number of likely N-dealkylation sites (N-methyl/N-ethyl adjacent to an activating group) is 1. The van der Waals surface area contributed by atoms with Crippen LogP contribution >= 0.6 is 0 Å². The third-order valence-electron chi connectivity index (χ3n) is 6.71. The number of hydrogen-bond acceptors (Lipinski definition) is 4. The van der Waals surface area contributed by atoms with Gasteiger partial charge in [-0.15, -0.1) is 0 Å². The number of aliphatic carboxylic acids is 1. The highest BCUT2D eigenvalue weighted by molar-refractivity contribution is 7.89. The average Bonchev–Trinajstić information content (AvgIpc) is 2.86. The lowest BCUT2D eigenvalue weighted by molar-refractivity contribution is -0.141. The van der Waals surface area contributed by atoms with Gasteiger partial charge in [0, 0.05) is 25.2 Å². The molecule has 38 heavy (non-hydrogen) atoms. The predicted molar refractivity (Wildman–Crippen MR) is 134 cm³/mol. The van der Waals surface area contributed by atoms with Gasteiger partial charge in [0.15, 0.2) is 5.03 Å². The van der Waals surface area contributed by atoms with Crippen LogP contribution in [0.5, 0.6) is 0 Å². The summed E-state index contributed by atoms with van der Waals surface area (Å²) in [6.45, 7) is -0.505. The maximum absolute atomic E-state index is 13.6. The molecule has 1 aliphatic heterocycles. The largest absolute Gasteiger partial charge is 0.480 e. The zero-order chi connectivity index (χ0) is 27.4. The lowest BCUT2D eigenvalue weighted by Gasteiger charge is -2.33. The number of carbonyl (C=O) groups is 1. The number of fused-ring (bicyclic) bond motifs is 2. The van der Waals surface area contributed by atoms with E-state index in [9.17, 15) is 36.3 Å². The van der Waals surface area contributed by atoms with Crippen LogP contribution in [0.2, 0.25) is 0 Å². The molecule has 196 valence electrons. The lowest BCUT2D eigenvalue weighted by Crippen LogP contribution is -2.48. The summed E-state index contributed by atoms with van der Waals surface area (Å²) >= 11 is 0. The van der Waals surface area contributed by atoms with E-state index in [0.717, 1.165) is 44.9 Å². The van der Waals surface area contributed by atoms with Crippen LogP contribution < -0.4 is 5.56 Å². The van der Waals surface area contributed by atoms with E-state index in [4.69, 9.17) is 0 Å². The Morgan fingerprint density at radius 1 is 1.00 bits per heavy atom. The average molecular weight is 543 g/mol. The van der Waals surface area contributed by atoms with Crippen LogP contribution in [0.25, 0.3) is 21.9 Å². The smallest absolute Gasteiger partial charge is 0.416 e. The molecule has 2 heterocycles. The van der Waals surface area contributed by atoms with Gasteiger partial charge in [0.1, 0.15) is 6.04 Å². The Kier molecular flexibility index (Phi) is 6.15. The van der Waals surface area contributed by atoms with E-state index in [2.05, 4.69) is 0 Å². The van der Waals surface area contributed by atoms with Crippen LogP contribution in [0.3, 0.4) is 0 Å². The third kappa shape index (κ3) is 4.27. The van der Waals surface area contributed by atoms with Gasteiger partial charge in [-0.1, -0.05) is 54.6 Å². The van der Waals surface area contributed by atoms with Gasteiger partial charge in [0.2, 0.25) is 0 Å². The van der Waals surface area contributed by atoms with Crippen molar-refractivity contribution in [3.63, 3.8) is 0 Å². The number of nitrogens with zero attached hydrogens (tertiary/aromatic N) is 2. The summed E-state index contributed by atoms with van der Waals surface area (Å²) in [6.07, 6.45) is -4.69. The number of carboxylic acids is 1. The van der Waals surface area contributed by atoms with Gasteiger partial charge in [0.25, 0.3) is 15.6 Å². The maximum Gasteiger partial charge on any atom is 0.416 e. The lowest BCUT2D eigenvalue weighted by atomic mass is 9.93. The molecule has 11 heteroatoms. The van der Waals surface area contributed by atoms with Gasteiger partial charge < -0.3 is 5.11 Å². The Morgan fingerprint density at radius 2 is 1.68 bits per heavy atom. The molecule has 0 amide bonds. The standard InChI is InChI=1S/C27H21F3N2O5S/c1-31-15-22(26(34)35)32-23(33)14-19(12-17-8-4-7-16-6-2-3-11-21(16)17)24(25(32)38(31,36)37)18-9-5-10-20(13-18)27(28,29)30/h2-11,13-14,22H,12,15H2,1H3,(H,34,35). The van der Waals surface area contributed by atoms with Crippen LogP contribution in [0.4, 0.5) is 13.2 Å². The Bertz CT molecular complexity index is 1760. The summed E-state index contributed by atoms with van der Waals surface area (Å²) in [5, 5.41) is 10.9. The van der Waals surface area contributed by atoms with Gasteiger partial charge in [-0.25, -0.2) is 13.2 Å². The van der Waals surface area contributed by atoms with E-state index >= 15 is 0 Å². The number of halogens is 3. The SMILES string of the molecule is CN1CC(C(=O)O)n2c(c(-c3cccc(C(F)(F)F)c3)c(Cc3cccc4ccccc34)cc2=O)S1(=O)=O. The Balaban J connectivity index is 1.88. The summed E-state index contributed by atoms with van der Waals surface area (Å²) < 4.78 is 69.5. The number of aromatic nitrogens is 1. The van der Waals surface area contributed by atoms with Crippen molar-refractivity contribution in [2.45, 2.75) is 23.7 Å². The second-order valence-electron chi connectivity index (χ2n) is 9.09. The summed E-state index contributed by atoms with van der Waals surface area (Å²) in [5.74, 6) is -1.44. The summed E-state index contributed by atoms with van der Waals surface area (Å²) in [7, 11) is -3.27. The van der Waals surface area contributed by atoms with E-state index in [1.807, 2.05) is 30.3 Å². The van der Waals surface area contributed by atoms with Crippen molar-refractivity contribution in [2.24, 2.45) is 0 Å². The van der Waals surface area contributed by atoms with E-state index in [-0.39, 0.29) is 23.1 Å². The zero-order valence-corrected chi connectivity index (χ0v) is 20.8. The van der Waals surface area contributed by atoms with Crippen molar-refractivity contribution < 1.29 is 31.5 Å². The summed E-state index contributed by atoms with van der Waals surface area (Å²) in [6, 6.07) is 16.6. The molecule has 7 nitrogen and oxygen atoms in total. The first-order valence-corrected chi connectivity index (χ1v) is 13.0. The van der Waals surface area contributed by atoms with Crippen LogP contribution in [0.1, 0.15) is 22.7 Å². The second-order valence-corrected chi connectivity index (χ2v) is 11.1. The molecular weight excluding hydrogens is 521 g/mol. The Labute approximate surface area is 215 Å². The quantitative estimate of drug-likeness (QED) is 0.409. The molecule has 5 rings (SSSR count). The predicted octanol–water partition coefficient (Wildman–Crippen LogP) is 4.54. The molecule has 0 radical (unpaired) electrons. The fourth-order valence-electron chi connectivity index (χ4n) is 4.91. The van der Waals surface area contributed by atoms with Crippen LogP contribution in [0.15, 0.2) is 82.6 Å². The van der Waals surface area contributed by atoms with Crippen LogP contribution in [-0.2, 0) is 27.4 Å². The molecule has 0 fully saturated rings. The first kappa shape index (κ1) is 25.7. The minimum atomic E-state index is -4.71. The monoisotopic (exact) mass is 542 g/mol. The maximum atomic E-state index is 13.6. The molecule has 1 N–H and O–H groups in total. The van der Waals surface area contributed by atoms with Gasteiger partial charge in [0.05, 0.1) is 5.56 Å². The van der Waals surface area contributed by atoms with Crippen molar-refractivity contribution >= 4 is 26.8 Å².